The summed E-state index contributed by atoms with van der Waals surface area (Å²) in [5.41, 5.74) is 4.31. The number of halogens is 1. The number of hydrogen-bond donors (Lipinski definition) is 1. The van der Waals surface area contributed by atoms with Crippen molar-refractivity contribution in [1.29, 1.82) is 0 Å². The van der Waals surface area contributed by atoms with E-state index in [4.69, 9.17) is 21.1 Å². The lowest BCUT2D eigenvalue weighted by atomic mass is 10.1. The lowest BCUT2D eigenvalue weighted by Gasteiger charge is -2.16. The molecule has 150 valence electrons. The van der Waals surface area contributed by atoms with Gasteiger partial charge in [0.15, 0.2) is 11.5 Å². The molecule has 0 fully saturated rings. The van der Waals surface area contributed by atoms with Gasteiger partial charge in [-0.3, -0.25) is 4.79 Å². The van der Waals surface area contributed by atoms with Crippen molar-refractivity contribution in [3.63, 3.8) is 0 Å². The highest BCUT2D eigenvalue weighted by Crippen LogP contribution is 2.37. The van der Waals surface area contributed by atoms with Crippen molar-refractivity contribution in [2.24, 2.45) is 0 Å². The van der Waals surface area contributed by atoms with E-state index in [0.29, 0.717) is 35.3 Å². The smallest absolute Gasteiger partial charge is 0.255 e. The topological polar surface area (TPSA) is 47.6 Å². The number of carbonyl (C=O) groups excluding carboxylic acids is 1. The molecule has 0 unspecified atom stereocenters. The van der Waals surface area contributed by atoms with Crippen LogP contribution in [-0.4, -0.2) is 12.5 Å². The van der Waals surface area contributed by atoms with Gasteiger partial charge < -0.3 is 14.8 Å². The first-order valence-electron chi connectivity index (χ1n) is 9.49. The number of amides is 1. The molecule has 0 saturated heterocycles. The quantitative estimate of drug-likeness (QED) is 0.506. The maximum atomic E-state index is 12.8. The zero-order valence-electron chi connectivity index (χ0n) is 16.8. The first-order chi connectivity index (χ1) is 14.0. The van der Waals surface area contributed by atoms with Crippen molar-refractivity contribution in [2.45, 2.75) is 27.4 Å². The van der Waals surface area contributed by atoms with Crippen molar-refractivity contribution in [2.75, 3.05) is 11.9 Å². The fourth-order valence-electron chi connectivity index (χ4n) is 2.97. The van der Waals surface area contributed by atoms with Gasteiger partial charge in [-0.05, 0) is 50.1 Å². The molecule has 3 aromatic carbocycles. The summed E-state index contributed by atoms with van der Waals surface area (Å²) in [5, 5.41) is 3.28. The monoisotopic (exact) mass is 409 g/mol. The largest absolute Gasteiger partial charge is 0.488 e. The van der Waals surface area contributed by atoms with Crippen LogP contribution in [0.4, 0.5) is 5.69 Å². The normalized spacial score (nSPS) is 10.5. The number of anilines is 1. The number of benzene rings is 3. The summed E-state index contributed by atoms with van der Waals surface area (Å²) in [4.78, 5) is 12.8. The SMILES string of the molecule is CCOc1c(Cl)cc(C(=O)Nc2ccc(C)cc2C)cc1OCc1ccccc1. The van der Waals surface area contributed by atoms with Crippen LogP contribution in [0.2, 0.25) is 5.02 Å². The van der Waals surface area contributed by atoms with Crippen molar-refractivity contribution in [1.82, 2.24) is 0 Å². The van der Waals surface area contributed by atoms with E-state index in [1.54, 1.807) is 12.1 Å². The van der Waals surface area contributed by atoms with Gasteiger partial charge in [-0.2, -0.15) is 0 Å². The van der Waals surface area contributed by atoms with Crippen LogP contribution in [0, 0.1) is 13.8 Å². The van der Waals surface area contributed by atoms with Gasteiger partial charge in [0.2, 0.25) is 0 Å². The summed E-state index contributed by atoms with van der Waals surface area (Å²) in [5.74, 6) is 0.619. The van der Waals surface area contributed by atoms with Crippen molar-refractivity contribution >= 4 is 23.2 Å². The Labute approximate surface area is 176 Å². The van der Waals surface area contributed by atoms with Gasteiger partial charge in [-0.15, -0.1) is 0 Å². The molecule has 1 N–H and O–H groups in total. The fraction of sp³-hybridized carbons (Fsp3) is 0.208. The Morgan fingerprint density at radius 2 is 1.76 bits per heavy atom. The first-order valence-corrected chi connectivity index (χ1v) is 9.87. The van der Waals surface area contributed by atoms with Gasteiger partial charge in [-0.25, -0.2) is 0 Å². The molecule has 0 spiro atoms. The van der Waals surface area contributed by atoms with Crippen molar-refractivity contribution < 1.29 is 14.3 Å². The average molecular weight is 410 g/mol. The van der Waals surface area contributed by atoms with E-state index in [1.807, 2.05) is 69.3 Å². The molecule has 0 aliphatic carbocycles. The molecule has 5 heteroatoms. The molecule has 0 heterocycles. The van der Waals surface area contributed by atoms with Gasteiger partial charge >= 0.3 is 0 Å². The van der Waals surface area contributed by atoms with E-state index in [0.717, 1.165) is 22.4 Å². The average Bonchev–Trinajstić information content (AvgIpc) is 2.71. The summed E-state index contributed by atoms with van der Waals surface area (Å²) >= 11 is 6.41. The highest BCUT2D eigenvalue weighted by Gasteiger charge is 2.17. The van der Waals surface area contributed by atoms with E-state index in [-0.39, 0.29) is 5.91 Å². The molecule has 1 amide bonds. The zero-order valence-corrected chi connectivity index (χ0v) is 17.5. The van der Waals surface area contributed by atoms with E-state index >= 15 is 0 Å². The van der Waals surface area contributed by atoms with Crippen LogP contribution in [0.5, 0.6) is 11.5 Å². The maximum Gasteiger partial charge on any atom is 0.255 e. The second kappa shape index (κ2) is 9.48. The number of hydrogen-bond acceptors (Lipinski definition) is 3. The third-order valence-corrected chi connectivity index (χ3v) is 4.71. The van der Waals surface area contributed by atoms with Crippen LogP contribution in [0.25, 0.3) is 0 Å². The van der Waals surface area contributed by atoms with Gasteiger partial charge in [0, 0.05) is 11.3 Å². The minimum Gasteiger partial charge on any atom is -0.488 e. The predicted octanol–water partition coefficient (Wildman–Crippen LogP) is 6.19. The Hall–Kier alpha value is -2.98. The Morgan fingerprint density at radius 3 is 2.45 bits per heavy atom. The zero-order chi connectivity index (χ0) is 20.8. The summed E-state index contributed by atoms with van der Waals surface area (Å²) in [7, 11) is 0. The van der Waals surface area contributed by atoms with Gasteiger partial charge in [0.05, 0.1) is 11.6 Å². The van der Waals surface area contributed by atoms with E-state index in [1.165, 1.54) is 0 Å². The molecule has 3 rings (SSSR count). The van der Waals surface area contributed by atoms with Crippen molar-refractivity contribution in [3.8, 4) is 11.5 Å². The van der Waals surface area contributed by atoms with Gasteiger partial charge in [0.25, 0.3) is 5.91 Å². The number of nitrogens with one attached hydrogen (secondary N) is 1. The molecule has 0 bridgehead atoms. The van der Waals surface area contributed by atoms with Crippen LogP contribution < -0.4 is 14.8 Å². The van der Waals surface area contributed by atoms with Gasteiger partial charge in [0.1, 0.15) is 6.61 Å². The Kier molecular flexibility index (Phi) is 6.78. The molecule has 0 radical (unpaired) electrons. The van der Waals surface area contributed by atoms with Crippen LogP contribution in [0.15, 0.2) is 60.7 Å². The summed E-state index contributed by atoms with van der Waals surface area (Å²) in [6.45, 7) is 6.64. The molecule has 0 saturated carbocycles. The van der Waals surface area contributed by atoms with Crippen LogP contribution >= 0.6 is 11.6 Å². The van der Waals surface area contributed by atoms with E-state index in [2.05, 4.69) is 5.32 Å². The Balaban J connectivity index is 1.86. The molecule has 0 aliphatic heterocycles. The molecule has 0 atom stereocenters. The maximum absolute atomic E-state index is 12.8. The molecule has 0 aromatic heterocycles. The number of aryl methyl sites for hydroxylation is 2. The summed E-state index contributed by atoms with van der Waals surface area (Å²) in [6.07, 6.45) is 0. The minimum atomic E-state index is -0.258. The highest BCUT2D eigenvalue weighted by atomic mass is 35.5. The molecule has 4 nitrogen and oxygen atoms in total. The summed E-state index contributed by atoms with van der Waals surface area (Å²) in [6, 6.07) is 18.9. The van der Waals surface area contributed by atoms with E-state index < -0.39 is 0 Å². The molecular weight excluding hydrogens is 386 g/mol. The van der Waals surface area contributed by atoms with E-state index in [9.17, 15) is 4.79 Å². The Bertz CT molecular complexity index is 1000. The van der Waals surface area contributed by atoms with Crippen LogP contribution in [0.3, 0.4) is 0 Å². The second-order valence-corrected chi connectivity index (χ2v) is 7.17. The third kappa shape index (κ3) is 5.30. The highest BCUT2D eigenvalue weighted by molar-refractivity contribution is 6.32. The number of rotatable bonds is 7. The number of ether oxygens (including phenoxy) is 2. The first kappa shape index (κ1) is 20.7. The second-order valence-electron chi connectivity index (χ2n) is 6.77. The Morgan fingerprint density at radius 1 is 1.00 bits per heavy atom. The fourth-order valence-corrected chi connectivity index (χ4v) is 3.24. The molecule has 3 aromatic rings. The molecular formula is C24H24ClNO3. The van der Waals surface area contributed by atoms with Crippen LogP contribution in [-0.2, 0) is 6.61 Å². The van der Waals surface area contributed by atoms with Gasteiger partial charge in [-0.1, -0.05) is 59.6 Å². The lowest BCUT2D eigenvalue weighted by molar-refractivity contribution is 0.102. The summed E-state index contributed by atoms with van der Waals surface area (Å²) < 4.78 is 11.6. The van der Waals surface area contributed by atoms with Crippen LogP contribution in [0.1, 0.15) is 34.0 Å². The standard InChI is InChI=1S/C24H24ClNO3/c1-4-28-23-20(25)13-19(14-22(23)29-15-18-8-6-5-7-9-18)24(27)26-21-11-10-16(2)12-17(21)3/h5-14H,4,15H2,1-3H3,(H,26,27). The minimum absolute atomic E-state index is 0.258. The number of carbonyl (C=O) groups is 1. The lowest BCUT2D eigenvalue weighted by Crippen LogP contribution is -2.13. The molecule has 29 heavy (non-hydrogen) atoms. The third-order valence-electron chi connectivity index (χ3n) is 4.43. The predicted molar refractivity (Wildman–Crippen MR) is 117 cm³/mol. The molecule has 0 aliphatic rings. The van der Waals surface area contributed by atoms with Crippen molar-refractivity contribution in [3.05, 3.63) is 87.9 Å².